The van der Waals surface area contributed by atoms with E-state index >= 15 is 0 Å². The van der Waals surface area contributed by atoms with Crippen LogP contribution in [-0.4, -0.2) is 25.5 Å². The van der Waals surface area contributed by atoms with Gasteiger partial charge in [-0.1, -0.05) is 41.9 Å². The molecule has 0 bridgehead atoms. The van der Waals surface area contributed by atoms with Crippen molar-refractivity contribution >= 4 is 23.1 Å². The van der Waals surface area contributed by atoms with Gasteiger partial charge in [-0.2, -0.15) is 0 Å². The molecular formula is C20H22ClNO2. The van der Waals surface area contributed by atoms with Crippen LogP contribution in [0.3, 0.4) is 0 Å². The molecule has 0 spiro atoms. The lowest BCUT2D eigenvalue weighted by Gasteiger charge is -2.29. The monoisotopic (exact) mass is 343 g/mol. The van der Waals surface area contributed by atoms with Gasteiger partial charge < -0.3 is 9.64 Å². The van der Waals surface area contributed by atoms with E-state index in [-0.39, 0.29) is 12.4 Å². The molecule has 0 unspecified atom stereocenters. The van der Waals surface area contributed by atoms with Gasteiger partial charge >= 0.3 is 0 Å². The van der Waals surface area contributed by atoms with Crippen LogP contribution in [0.15, 0.2) is 48.5 Å². The first-order chi connectivity index (χ1) is 11.7. The lowest BCUT2D eigenvalue weighted by molar-refractivity contribution is 0.0726. The number of halogens is 1. The largest absolute Gasteiger partial charge is 0.370 e. The van der Waals surface area contributed by atoms with Gasteiger partial charge in [-0.3, -0.25) is 4.79 Å². The number of anilines is 1. The van der Waals surface area contributed by atoms with Crippen molar-refractivity contribution in [2.45, 2.75) is 25.9 Å². The van der Waals surface area contributed by atoms with Gasteiger partial charge in [0.05, 0.1) is 17.3 Å². The summed E-state index contributed by atoms with van der Waals surface area (Å²) < 4.78 is 5.52. The highest BCUT2D eigenvalue weighted by Crippen LogP contribution is 2.29. The number of rotatable bonds is 6. The number of ether oxygens (including phenoxy) is 1. The SMILES string of the molecule is O=C(COCc1ccccc1)c1ccc(N2CCCCC2)c(Cl)c1. The highest BCUT2D eigenvalue weighted by molar-refractivity contribution is 6.33. The molecule has 0 atom stereocenters. The van der Waals surface area contributed by atoms with Crippen molar-refractivity contribution in [2.24, 2.45) is 0 Å². The normalized spacial score (nSPS) is 14.6. The number of hydrogen-bond acceptors (Lipinski definition) is 3. The van der Waals surface area contributed by atoms with Crippen LogP contribution >= 0.6 is 11.6 Å². The van der Waals surface area contributed by atoms with E-state index in [1.54, 1.807) is 6.07 Å². The molecule has 2 aromatic carbocycles. The number of piperidine rings is 1. The Bertz CT molecular complexity index is 681. The van der Waals surface area contributed by atoms with E-state index in [2.05, 4.69) is 4.90 Å². The smallest absolute Gasteiger partial charge is 0.188 e. The maximum atomic E-state index is 12.3. The summed E-state index contributed by atoms with van der Waals surface area (Å²) in [5.74, 6) is -0.0435. The standard InChI is InChI=1S/C20H22ClNO2/c21-18-13-17(9-10-19(18)22-11-5-2-6-12-22)20(23)15-24-14-16-7-3-1-4-8-16/h1,3-4,7-10,13H,2,5-6,11-12,14-15H2. The molecule has 0 aliphatic carbocycles. The Morgan fingerprint density at radius 1 is 1.04 bits per heavy atom. The molecule has 1 aliphatic heterocycles. The minimum atomic E-state index is -0.0435. The second-order valence-corrected chi connectivity index (χ2v) is 6.52. The second-order valence-electron chi connectivity index (χ2n) is 6.12. The summed E-state index contributed by atoms with van der Waals surface area (Å²) in [6.07, 6.45) is 3.68. The van der Waals surface area contributed by atoms with E-state index in [0.29, 0.717) is 17.2 Å². The average molecular weight is 344 g/mol. The molecule has 0 amide bonds. The fraction of sp³-hybridized carbons (Fsp3) is 0.350. The first kappa shape index (κ1) is 17.0. The van der Waals surface area contributed by atoms with Crippen LogP contribution in [-0.2, 0) is 11.3 Å². The molecule has 3 nitrogen and oxygen atoms in total. The number of Topliss-reactive ketones (excluding diaryl/α,β-unsaturated/α-hetero) is 1. The van der Waals surface area contributed by atoms with E-state index in [9.17, 15) is 4.79 Å². The summed E-state index contributed by atoms with van der Waals surface area (Å²) in [7, 11) is 0. The third-order valence-electron chi connectivity index (χ3n) is 4.31. The van der Waals surface area contributed by atoms with Crippen LogP contribution in [0.25, 0.3) is 0 Å². The zero-order valence-corrected chi connectivity index (χ0v) is 14.5. The molecule has 1 fully saturated rings. The quantitative estimate of drug-likeness (QED) is 0.710. The van der Waals surface area contributed by atoms with Crippen molar-refractivity contribution in [1.29, 1.82) is 0 Å². The number of hydrogen-bond donors (Lipinski definition) is 0. The molecule has 4 heteroatoms. The maximum absolute atomic E-state index is 12.3. The zero-order valence-electron chi connectivity index (χ0n) is 13.7. The van der Waals surface area contributed by atoms with Crippen LogP contribution in [0.2, 0.25) is 5.02 Å². The molecule has 0 radical (unpaired) electrons. The summed E-state index contributed by atoms with van der Waals surface area (Å²) in [5.41, 5.74) is 2.69. The Morgan fingerprint density at radius 2 is 1.79 bits per heavy atom. The van der Waals surface area contributed by atoms with Crippen LogP contribution in [0.4, 0.5) is 5.69 Å². The van der Waals surface area contributed by atoms with Gasteiger partial charge in [-0.25, -0.2) is 0 Å². The fourth-order valence-corrected chi connectivity index (χ4v) is 3.29. The molecule has 0 N–H and O–H groups in total. The number of nitrogens with zero attached hydrogens (tertiary/aromatic N) is 1. The van der Waals surface area contributed by atoms with E-state index in [4.69, 9.17) is 16.3 Å². The summed E-state index contributed by atoms with van der Waals surface area (Å²) >= 11 is 6.40. The Kier molecular flexibility index (Phi) is 5.89. The fourth-order valence-electron chi connectivity index (χ4n) is 2.99. The van der Waals surface area contributed by atoms with Crippen molar-refractivity contribution in [3.63, 3.8) is 0 Å². The van der Waals surface area contributed by atoms with Gasteiger partial charge in [0.2, 0.25) is 0 Å². The first-order valence-corrected chi connectivity index (χ1v) is 8.81. The summed E-state index contributed by atoms with van der Waals surface area (Å²) in [5, 5.41) is 0.644. The van der Waals surface area contributed by atoms with Crippen LogP contribution in [0, 0.1) is 0 Å². The highest BCUT2D eigenvalue weighted by atomic mass is 35.5. The number of carbonyl (C=O) groups excluding carboxylic acids is 1. The predicted octanol–water partition coefficient (Wildman–Crippen LogP) is 4.73. The van der Waals surface area contributed by atoms with Crippen LogP contribution < -0.4 is 4.90 Å². The van der Waals surface area contributed by atoms with Gasteiger partial charge in [0.1, 0.15) is 6.61 Å². The van der Waals surface area contributed by atoms with Crippen molar-refractivity contribution in [1.82, 2.24) is 0 Å². The lowest BCUT2D eigenvalue weighted by Crippen LogP contribution is -2.29. The molecule has 1 saturated heterocycles. The number of ketones is 1. The number of carbonyl (C=O) groups is 1. The van der Waals surface area contributed by atoms with Crippen LogP contribution in [0.5, 0.6) is 0 Å². The first-order valence-electron chi connectivity index (χ1n) is 8.43. The van der Waals surface area contributed by atoms with Gasteiger partial charge in [0.25, 0.3) is 0 Å². The highest BCUT2D eigenvalue weighted by Gasteiger charge is 2.15. The van der Waals surface area contributed by atoms with E-state index in [1.165, 1.54) is 19.3 Å². The Balaban J connectivity index is 1.57. The minimum Gasteiger partial charge on any atom is -0.370 e. The molecule has 0 aromatic heterocycles. The second kappa shape index (κ2) is 8.32. The number of benzene rings is 2. The lowest BCUT2D eigenvalue weighted by atomic mass is 10.1. The molecule has 24 heavy (non-hydrogen) atoms. The Hall–Kier alpha value is -1.84. The third-order valence-corrected chi connectivity index (χ3v) is 4.61. The van der Waals surface area contributed by atoms with Crippen molar-refractivity contribution < 1.29 is 9.53 Å². The third kappa shape index (κ3) is 4.37. The van der Waals surface area contributed by atoms with Crippen molar-refractivity contribution in [3.8, 4) is 0 Å². The molecule has 3 rings (SSSR count). The van der Waals surface area contributed by atoms with Crippen molar-refractivity contribution in [2.75, 3.05) is 24.6 Å². The summed E-state index contributed by atoms with van der Waals surface area (Å²) in [6.45, 7) is 2.57. The van der Waals surface area contributed by atoms with E-state index in [1.807, 2.05) is 42.5 Å². The summed E-state index contributed by atoms with van der Waals surface area (Å²) in [4.78, 5) is 14.6. The van der Waals surface area contributed by atoms with Gasteiger partial charge in [-0.05, 0) is 43.0 Å². The predicted molar refractivity (Wildman–Crippen MR) is 97.9 cm³/mol. The molecule has 0 saturated carbocycles. The maximum Gasteiger partial charge on any atom is 0.188 e. The van der Waals surface area contributed by atoms with Gasteiger partial charge in [0, 0.05) is 18.7 Å². The molecule has 2 aromatic rings. The average Bonchev–Trinajstić information content (AvgIpc) is 2.63. The molecule has 1 heterocycles. The topological polar surface area (TPSA) is 29.5 Å². The van der Waals surface area contributed by atoms with E-state index < -0.39 is 0 Å². The van der Waals surface area contributed by atoms with Gasteiger partial charge in [-0.15, -0.1) is 0 Å². The minimum absolute atomic E-state index is 0.0435. The van der Waals surface area contributed by atoms with Gasteiger partial charge in [0.15, 0.2) is 5.78 Å². The zero-order chi connectivity index (χ0) is 16.8. The molecule has 126 valence electrons. The Morgan fingerprint density at radius 3 is 2.50 bits per heavy atom. The van der Waals surface area contributed by atoms with E-state index in [0.717, 1.165) is 24.3 Å². The molecular weight excluding hydrogens is 322 g/mol. The van der Waals surface area contributed by atoms with Crippen LogP contribution in [0.1, 0.15) is 35.2 Å². The summed E-state index contributed by atoms with van der Waals surface area (Å²) in [6, 6.07) is 15.4. The molecule has 1 aliphatic rings. The van der Waals surface area contributed by atoms with Crippen molar-refractivity contribution in [3.05, 3.63) is 64.7 Å². The Labute approximate surface area is 148 Å².